The third kappa shape index (κ3) is 3.91. The zero-order valence-electron chi connectivity index (χ0n) is 10.8. The molecule has 0 bridgehead atoms. The highest BCUT2D eigenvalue weighted by atomic mass is 32.1. The van der Waals surface area contributed by atoms with Crippen molar-refractivity contribution in [3.8, 4) is 5.75 Å². The number of para-hydroxylation sites is 1. The molecule has 1 rings (SSSR count). The van der Waals surface area contributed by atoms with Crippen LogP contribution in [-0.2, 0) is 0 Å². The van der Waals surface area contributed by atoms with E-state index in [1.165, 1.54) is 0 Å². The van der Waals surface area contributed by atoms with E-state index < -0.39 is 0 Å². The van der Waals surface area contributed by atoms with Crippen molar-refractivity contribution in [2.45, 2.75) is 26.7 Å². The number of rotatable bonds is 7. The summed E-state index contributed by atoms with van der Waals surface area (Å²) in [4.78, 5) is 10.6. The summed E-state index contributed by atoms with van der Waals surface area (Å²) in [7, 11) is 0. The molecule has 0 saturated heterocycles. The molecule has 0 saturated carbocycles. The molecule has 0 amide bonds. The molecule has 1 aromatic carbocycles. The Morgan fingerprint density at radius 3 is 2.78 bits per heavy atom. The van der Waals surface area contributed by atoms with Crippen LogP contribution in [0.15, 0.2) is 18.2 Å². The van der Waals surface area contributed by atoms with E-state index in [0.29, 0.717) is 23.8 Å². The molecule has 1 unspecified atom stereocenters. The molecule has 0 fully saturated rings. The zero-order chi connectivity index (χ0) is 13.5. The van der Waals surface area contributed by atoms with E-state index >= 15 is 0 Å². The van der Waals surface area contributed by atoms with Gasteiger partial charge in [-0.2, -0.15) is 12.6 Å². The lowest BCUT2D eigenvalue weighted by Crippen LogP contribution is -2.14. The summed E-state index contributed by atoms with van der Waals surface area (Å²) in [6, 6.07) is 5.13. The third-order valence-corrected chi connectivity index (χ3v) is 3.33. The van der Waals surface area contributed by atoms with E-state index in [9.17, 15) is 10.1 Å². The largest absolute Gasteiger partial charge is 0.486 e. The Bertz CT molecular complexity index is 409. The van der Waals surface area contributed by atoms with Gasteiger partial charge < -0.3 is 4.74 Å². The molecule has 0 aromatic heterocycles. The second kappa shape index (κ2) is 7.26. The van der Waals surface area contributed by atoms with Crippen molar-refractivity contribution in [1.82, 2.24) is 0 Å². The summed E-state index contributed by atoms with van der Waals surface area (Å²) in [5.74, 6) is 1.41. The predicted octanol–water partition coefficient (Wildman–Crippen LogP) is 3.63. The van der Waals surface area contributed by atoms with Crippen LogP contribution in [0, 0.1) is 23.0 Å². The second-order valence-electron chi connectivity index (χ2n) is 4.33. The van der Waals surface area contributed by atoms with Gasteiger partial charge in [0.1, 0.15) is 0 Å². The molecule has 0 radical (unpaired) electrons. The van der Waals surface area contributed by atoms with Gasteiger partial charge >= 0.3 is 5.69 Å². The first-order valence-electron chi connectivity index (χ1n) is 6.07. The van der Waals surface area contributed by atoms with Gasteiger partial charge in [-0.05, 0) is 25.2 Å². The van der Waals surface area contributed by atoms with Gasteiger partial charge in [0.25, 0.3) is 0 Å². The molecule has 0 N–H and O–H groups in total. The van der Waals surface area contributed by atoms with Crippen molar-refractivity contribution in [2.24, 2.45) is 5.92 Å². The van der Waals surface area contributed by atoms with E-state index in [1.807, 2.05) is 0 Å². The van der Waals surface area contributed by atoms with E-state index in [4.69, 9.17) is 4.74 Å². The molecule has 18 heavy (non-hydrogen) atoms. The molecule has 0 aliphatic rings. The SMILES string of the molecule is CCCC(CS)COc1cccc(C)c1[N+](=O)[O-]. The number of ether oxygens (including phenoxy) is 1. The molecule has 0 aliphatic heterocycles. The Morgan fingerprint density at radius 1 is 1.50 bits per heavy atom. The highest BCUT2D eigenvalue weighted by molar-refractivity contribution is 7.80. The van der Waals surface area contributed by atoms with Crippen molar-refractivity contribution >= 4 is 18.3 Å². The fourth-order valence-electron chi connectivity index (χ4n) is 1.83. The monoisotopic (exact) mass is 269 g/mol. The summed E-state index contributed by atoms with van der Waals surface area (Å²) in [6.45, 7) is 4.29. The molecule has 100 valence electrons. The van der Waals surface area contributed by atoms with Crippen molar-refractivity contribution < 1.29 is 9.66 Å². The average molecular weight is 269 g/mol. The van der Waals surface area contributed by atoms with Crippen LogP contribution in [0.2, 0.25) is 0 Å². The lowest BCUT2D eigenvalue weighted by Gasteiger charge is -2.15. The first-order chi connectivity index (χ1) is 8.60. The number of aryl methyl sites for hydroxylation is 1. The standard InChI is InChI=1S/C13H19NO3S/c1-3-5-11(9-18)8-17-12-7-4-6-10(2)13(12)14(15)16/h4,6-7,11,18H,3,5,8-9H2,1-2H3. The molecule has 0 aliphatic carbocycles. The molecular weight excluding hydrogens is 250 g/mol. The van der Waals surface area contributed by atoms with Crippen molar-refractivity contribution in [2.75, 3.05) is 12.4 Å². The highest BCUT2D eigenvalue weighted by Gasteiger charge is 2.19. The first kappa shape index (κ1) is 14.8. The van der Waals surface area contributed by atoms with Crippen LogP contribution >= 0.6 is 12.6 Å². The minimum Gasteiger partial charge on any atom is -0.486 e. The summed E-state index contributed by atoms with van der Waals surface area (Å²) >= 11 is 4.27. The molecule has 0 heterocycles. The van der Waals surface area contributed by atoms with Gasteiger partial charge in [0, 0.05) is 11.5 Å². The molecular formula is C13H19NO3S. The van der Waals surface area contributed by atoms with E-state index in [1.54, 1.807) is 25.1 Å². The average Bonchev–Trinajstić information content (AvgIpc) is 2.33. The molecule has 5 heteroatoms. The van der Waals surface area contributed by atoms with Crippen LogP contribution in [-0.4, -0.2) is 17.3 Å². The topological polar surface area (TPSA) is 52.4 Å². The van der Waals surface area contributed by atoms with Crippen molar-refractivity contribution in [3.63, 3.8) is 0 Å². The van der Waals surface area contributed by atoms with E-state index in [0.717, 1.165) is 18.6 Å². The van der Waals surface area contributed by atoms with Crippen LogP contribution in [0.25, 0.3) is 0 Å². The number of thiol groups is 1. The van der Waals surface area contributed by atoms with E-state index in [-0.39, 0.29) is 10.6 Å². The normalized spacial score (nSPS) is 12.2. The number of hydrogen-bond acceptors (Lipinski definition) is 4. The van der Waals surface area contributed by atoms with Crippen LogP contribution < -0.4 is 4.74 Å². The summed E-state index contributed by atoms with van der Waals surface area (Å²) in [6.07, 6.45) is 2.08. The Kier molecular flexibility index (Phi) is 5.98. The van der Waals surface area contributed by atoms with Crippen LogP contribution in [0.5, 0.6) is 5.75 Å². The quantitative estimate of drug-likeness (QED) is 0.467. The van der Waals surface area contributed by atoms with Crippen LogP contribution in [0.1, 0.15) is 25.3 Å². The molecule has 1 atom stereocenters. The number of nitrogens with zero attached hydrogens (tertiary/aromatic N) is 1. The van der Waals surface area contributed by atoms with Gasteiger partial charge in [0.15, 0.2) is 5.75 Å². The fraction of sp³-hybridized carbons (Fsp3) is 0.538. The predicted molar refractivity (Wildman–Crippen MR) is 75.6 cm³/mol. The molecule has 1 aromatic rings. The lowest BCUT2D eigenvalue weighted by molar-refractivity contribution is -0.386. The van der Waals surface area contributed by atoms with E-state index in [2.05, 4.69) is 19.6 Å². The Morgan fingerprint density at radius 2 is 2.22 bits per heavy atom. The van der Waals surface area contributed by atoms with Crippen molar-refractivity contribution in [3.05, 3.63) is 33.9 Å². The zero-order valence-corrected chi connectivity index (χ0v) is 11.7. The lowest BCUT2D eigenvalue weighted by atomic mass is 10.1. The molecule has 0 spiro atoms. The smallest absolute Gasteiger partial charge is 0.313 e. The third-order valence-electron chi connectivity index (χ3n) is 2.81. The fourth-order valence-corrected chi connectivity index (χ4v) is 2.11. The van der Waals surface area contributed by atoms with Gasteiger partial charge in [0.2, 0.25) is 0 Å². The van der Waals surface area contributed by atoms with Gasteiger partial charge in [-0.3, -0.25) is 10.1 Å². The summed E-state index contributed by atoms with van der Waals surface area (Å²) < 4.78 is 5.59. The van der Waals surface area contributed by atoms with Crippen molar-refractivity contribution in [1.29, 1.82) is 0 Å². The summed E-state index contributed by atoms with van der Waals surface area (Å²) in [5, 5.41) is 11.0. The van der Waals surface area contributed by atoms with Gasteiger partial charge in [-0.1, -0.05) is 25.5 Å². The Hall–Kier alpha value is -1.23. The first-order valence-corrected chi connectivity index (χ1v) is 6.71. The number of nitro benzene ring substituents is 1. The maximum Gasteiger partial charge on any atom is 0.313 e. The Balaban J connectivity index is 2.78. The second-order valence-corrected chi connectivity index (χ2v) is 4.69. The number of hydrogen-bond donors (Lipinski definition) is 1. The minimum atomic E-state index is -0.389. The molecule has 4 nitrogen and oxygen atoms in total. The van der Waals surface area contributed by atoms with Gasteiger partial charge in [0.05, 0.1) is 11.5 Å². The maximum atomic E-state index is 11.0. The summed E-state index contributed by atoms with van der Waals surface area (Å²) in [5.41, 5.74) is 0.683. The Labute approximate surface area is 113 Å². The van der Waals surface area contributed by atoms with Crippen LogP contribution in [0.4, 0.5) is 5.69 Å². The van der Waals surface area contributed by atoms with Crippen LogP contribution in [0.3, 0.4) is 0 Å². The number of benzene rings is 1. The minimum absolute atomic E-state index is 0.0620. The maximum absolute atomic E-state index is 11.0. The highest BCUT2D eigenvalue weighted by Crippen LogP contribution is 2.30. The number of nitro groups is 1. The van der Waals surface area contributed by atoms with Gasteiger partial charge in [-0.15, -0.1) is 0 Å². The van der Waals surface area contributed by atoms with Gasteiger partial charge in [-0.25, -0.2) is 0 Å².